The molecule has 144 valence electrons. The van der Waals surface area contributed by atoms with E-state index in [0.29, 0.717) is 12.0 Å². The maximum atomic E-state index is 13.3. The third-order valence-electron chi connectivity index (χ3n) is 6.32. The van der Waals surface area contributed by atoms with Gasteiger partial charge in [0.25, 0.3) is 5.91 Å². The van der Waals surface area contributed by atoms with Crippen molar-refractivity contribution in [1.29, 1.82) is 0 Å². The molecule has 1 aromatic heterocycles. The molecule has 0 spiro atoms. The molecule has 1 aliphatic heterocycles. The summed E-state index contributed by atoms with van der Waals surface area (Å²) in [5.74, 6) is 0.865. The van der Waals surface area contributed by atoms with E-state index in [-0.39, 0.29) is 5.91 Å². The number of nitrogens with one attached hydrogen (secondary N) is 2. The van der Waals surface area contributed by atoms with Crippen molar-refractivity contribution in [2.24, 2.45) is 5.92 Å². The second kappa shape index (κ2) is 7.01. The van der Waals surface area contributed by atoms with Gasteiger partial charge in [-0.3, -0.25) is 4.79 Å². The number of nitrogens with zero attached hydrogens (tertiary/aromatic N) is 1. The van der Waals surface area contributed by atoms with Crippen molar-refractivity contribution >= 4 is 22.5 Å². The number of rotatable bonds is 3. The molecule has 4 nitrogen and oxygen atoms in total. The minimum atomic E-state index is 0.148. The van der Waals surface area contributed by atoms with E-state index in [1.54, 1.807) is 0 Å². The Balaban J connectivity index is 1.38. The standard InChI is InChI=1S/C24H27N3O/c1-16-10-11-22-21(14-16)19-8-5-9-20(23(19)26-22)24(28)27-13-12-18(15-27)25-17-6-3-2-4-7-17/h2-9,16,18,25-26H,10-15H2,1H3. The van der Waals surface area contributed by atoms with Crippen molar-refractivity contribution in [3.63, 3.8) is 0 Å². The van der Waals surface area contributed by atoms with Crippen molar-refractivity contribution in [2.45, 2.75) is 38.6 Å². The van der Waals surface area contributed by atoms with E-state index in [9.17, 15) is 4.79 Å². The third-order valence-corrected chi connectivity index (χ3v) is 6.32. The zero-order valence-electron chi connectivity index (χ0n) is 16.4. The number of carbonyl (C=O) groups is 1. The number of anilines is 1. The van der Waals surface area contributed by atoms with Gasteiger partial charge in [0.05, 0.1) is 11.1 Å². The lowest BCUT2D eigenvalue weighted by atomic mass is 9.87. The summed E-state index contributed by atoms with van der Waals surface area (Å²) >= 11 is 0. The Hall–Kier alpha value is -2.75. The number of aromatic nitrogens is 1. The van der Waals surface area contributed by atoms with Crippen LogP contribution in [0.4, 0.5) is 5.69 Å². The molecule has 1 saturated heterocycles. The molecule has 1 aliphatic carbocycles. The second-order valence-electron chi connectivity index (χ2n) is 8.41. The summed E-state index contributed by atoms with van der Waals surface area (Å²) in [6.07, 6.45) is 4.41. The molecule has 0 radical (unpaired) electrons. The van der Waals surface area contributed by atoms with Gasteiger partial charge in [-0.1, -0.05) is 37.3 Å². The molecule has 5 rings (SSSR count). The van der Waals surface area contributed by atoms with Crippen LogP contribution >= 0.6 is 0 Å². The van der Waals surface area contributed by atoms with Crippen LogP contribution < -0.4 is 5.32 Å². The molecule has 2 aliphatic rings. The van der Waals surface area contributed by atoms with Crippen molar-refractivity contribution in [1.82, 2.24) is 9.88 Å². The summed E-state index contributed by atoms with van der Waals surface area (Å²) in [4.78, 5) is 18.9. The number of benzene rings is 2. The van der Waals surface area contributed by atoms with E-state index in [2.05, 4.69) is 35.4 Å². The molecule has 4 heteroatoms. The molecule has 2 aromatic carbocycles. The summed E-state index contributed by atoms with van der Waals surface area (Å²) in [5.41, 5.74) is 5.73. The fraction of sp³-hybridized carbons (Fsp3) is 0.375. The number of fused-ring (bicyclic) bond motifs is 3. The molecule has 1 fully saturated rings. The Morgan fingerprint density at radius 1 is 1.11 bits per heavy atom. The highest BCUT2D eigenvalue weighted by Crippen LogP contribution is 2.33. The highest BCUT2D eigenvalue weighted by molar-refractivity contribution is 6.07. The monoisotopic (exact) mass is 373 g/mol. The largest absolute Gasteiger partial charge is 0.380 e. The van der Waals surface area contributed by atoms with Gasteiger partial charge >= 0.3 is 0 Å². The number of carbonyl (C=O) groups excluding carboxylic acids is 1. The topological polar surface area (TPSA) is 48.1 Å². The normalized spacial score (nSPS) is 21.7. The number of para-hydroxylation sites is 2. The van der Waals surface area contributed by atoms with E-state index in [4.69, 9.17) is 0 Å². The molecule has 3 aromatic rings. The first-order chi connectivity index (χ1) is 13.7. The van der Waals surface area contributed by atoms with Gasteiger partial charge in [-0.25, -0.2) is 0 Å². The molecule has 2 N–H and O–H groups in total. The first kappa shape index (κ1) is 17.4. The quantitative estimate of drug-likeness (QED) is 0.704. The van der Waals surface area contributed by atoms with Crippen molar-refractivity contribution in [3.05, 3.63) is 65.4 Å². The number of amides is 1. The smallest absolute Gasteiger partial charge is 0.256 e. The molecule has 28 heavy (non-hydrogen) atoms. The van der Waals surface area contributed by atoms with Gasteiger partial charge < -0.3 is 15.2 Å². The zero-order chi connectivity index (χ0) is 19.1. The predicted molar refractivity (Wildman–Crippen MR) is 114 cm³/mol. The van der Waals surface area contributed by atoms with Crippen LogP contribution in [0, 0.1) is 5.92 Å². The van der Waals surface area contributed by atoms with Gasteiger partial charge in [0.15, 0.2) is 0 Å². The van der Waals surface area contributed by atoms with Gasteiger partial charge in [-0.15, -0.1) is 0 Å². The van der Waals surface area contributed by atoms with Gasteiger partial charge in [-0.05, 0) is 55.4 Å². The molecule has 2 unspecified atom stereocenters. The third kappa shape index (κ3) is 3.07. The van der Waals surface area contributed by atoms with Crippen LogP contribution in [0.5, 0.6) is 0 Å². The number of aryl methyl sites for hydroxylation is 1. The van der Waals surface area contributed by atoms with E-state index >= 15 is 0 Å². The van der Waals surface area contributed by atoms with E-state index < -0.39 is 0 Å². The van der Waals surface area contributed by atoms with Gasteiger partial charge in [0.2, 0.25) is 0 Å². The summed E-state index contributed by atoms with van der Waals surface area (Å²) in [6.45, 7) is 3.87. The molecule has 2 atom stereocenters. The maximum absolute atomic E-state index is 13.3. The van der Waals surface area contributed by atoms with E-state index in [0.717, 1.165) is 49.1 Å². The minimum absolute atomic E-state index is 0.148. The molecule has 0 saturated carbocycles. The first-order valence-electron chi connectivity index (χ1n) is 10.4. The average Bonchev–Trinajstić information content (AvgIpc) is 3.32. The molecule has 1 amide bonds. The number of hydrogen-bond donors (Lipinski definition) is 2. The van der Waals surface area contributed by atoms with Crippen LogP contribution in [-0.2, 0) is 12.8 Å². The van der Waals surface area contributed by atoms with Crippen molar-refractivity contribution in [2.75, 3.05) is 18.4 Å². The van der Waals surface area contributed by atoms with Crippen LogP contribution in [0.2, 0.25) is 0 Å². The van der Waals surface area contributed by atoms with Crippen molar-refractivity contribution < 1.29 is 4.79 Å². The first-order valence-corrected chi connectivity index (χ1v) is 10.4. The molecule has 0 bridgehead atoms. The highest BCUT2D eigenvalue weighted by atomic mass is 16.2. The number of aromatic amines is 1. The molecular formula is C24H27N3O. The minimum Gasteiger partial charge on any atom is -0.380 e. The van der Waals surface area contributed by atoms with E-state index in [1.807, 2.05) is 35.2 Å². The Bertz CT molecular complexity index is 1010. The lowest BCUT2D eigenvalue weighted by Gasteiger charge is -2.18. The van der Waals surface area contributed by atoms with Crippen LogP contribution in [-0.4, -0.2) is 34.9 Å². The number of H-pyrrole nitrogens is 1. The Morgan fingerprint density at radius 2 is 1.96 bits per heavy atom. The predicted octanol–water partition coefficient (Wildman–Crippen LogP) is 4.62. The van der Waals surface area contributed by atoms with Crippen LogP contribution in [0.25, 0.3) is 10.9 Å². The Kier molecular flexibility index (Phi) is 4.34. The summed E-state index contributed by atoms with van der Waals surface area (Å²) < 4.78 is 0. The second-order valence-corrected chi connectivity index (χ2v) is 8.41. The van der Waals surface area contributed by atoms with Gasteiger partial charge in [0, 0.05) is 35.9 Å². The molecular weight excluding hydrogens is 346 g/mol. The summed E-state index contributed by atoms with van der Waals surface area (Å²) in [5, 5.41) is 4.80. The zero-order valence-corrected chi connectivity index (χ0v) is 16.4. The molecule has 2 heterocycles. The van der Waals surface area contributed by atoms with Crippen LogP contribution in [0.3, 0.4) is 0 Å². The highest BCUT2D eigenvalue weighted by Gasteiger charge is 2.29. The fourth-order valence-corrected chi connectivity index (χ4v) is 4.80. The maximum Gasteiger partial charge on any atom is 0.256 e. The van der Waals surface area contributed by atoms with E-state index in [1.165, 1.54) is 23.1 Å². The van der Waals surface area contributed by atoms with Crippen LogP contribution in [0.1, 0.15) is 41.4 Å². The SMILES string of the molecule is CC1CCc2[nH]c3c(C(=O)N4CCC(Nc5ccccc5)C4)cccc3c2C1. The van der Waals surface area contributed by atoms with Gasteiger partial charge in [0.1, 0.15) is 0 Å². The lowest BCUT2D eigenvalue weighted by molar-refractivity contribution is 0.0793. The lowest BCUT2D eigenvalue weighted by Crippen LogP contribution is -2.31. The fourth-order valence-electron chi connectivity index (χ4n) is 4.80. The summed E-state index contributed by atoms with van der Waals surface area (Å²) in [7, 11) is 0. The van der Waals surface area contributed by atoms with Gasteiger partial charge in [-0.2, -0.15) is 0 Å². The number of likely N-dealkylation sites (tertiary alicyclic amines) is 1. The number of hydrogen-bond acceptors (Lipinski definition) is 2. The Labute approximate surface area is 165 Å². The Morgan fingerprint density at radius 3 is 2.82 bits per heavy atom. The van der Waals surface area contributed by atoms with Crippen LogP contribution in [0.15, 0.2) is 48.5 Å². The summed E-state index contributed by atoms with van der Waals surface area (Å²) in [6, 6.07) is 16.8. The average molecular weight is 374 g/mol. The van der Waals surface area contributed by atoms with Crippen molar-refractivity contribution in [3.8, 4) is 0 Å².